The minimum atomic E-state index is -0.482. The minimum Gasteiger partial charge on any atom is -0.444 e. The summed E-state index contributed by atoms with van der Waals surface area (Å²) < 4.78 is 7.76. The highest BCUT2D eigenvalue weighted by Crippen LogP contribution is 2.35. The first-order valence-corrected chi connectivity index (χ1v) is 15.5. The fraction of sp³-hybridized carbons (Fsp3) is 0.342. The van der Waals surface area contributed by atoms with Gasteiger partial charge >= 0.3 is 6.09 Å². The maximum atomic E-state index is 12.0. The molecule has 0 atom stereocenters. The Hall–Kier alpha value is -4.05. The second kappa shape index (κ2) is 12.9. The number of hydrogen-bond acceptors (Lipinski definition) is 2. The normalized spacial score (nSPS) is 11.7. The molecule has 4 heteroatoms. The van der Waals surface area contributed by atoms with E-state index >= 15 is 0 Å². The number of rotatable bonds is 10. The molecule has 5 rings (SSSR count). The number of aromatic nitrogens is 1. The largest absolute Gasteiger partial charge is 0.444 e. The van der Waals surface area contributed by atoms with Crippen molar-refractivity contribution in [2.45, 2.75) is 78.9 Å². The van der Waals surface area contributed by atoms with E-state index in [0.717, 1.165) is 25.8 Å². The quantitative estimate of drug-likeness (QED) is 0.173. The van der Waals surface area contributed by atoms with E-state index in [4.69, 9.17) is 4.74 Å². The van der Waals surface area contributed by atoms with Crippen molar-refractivity contribution in [3.63, 3.8) is 0 Å². The molecule has 0 saturated heterocycles. The van der Waals surface area contributed by atoms with Gasteiger partial charge in [-0.25, -0.2) is 4.79 Å². The third-order valence-corrected chi connectivity index (χ3v) is 7.83. The molecular formula is C38H44N2O2. The van der Waals surface area contributed by atoms with E-state index in [9.17, 15) is 4.79 Å². The lowest BCUT2D eigenvalue weighted by Gasteiger charge is -2.19. The van der Waals surface area contributed by atoms with Crippen molar-refractivity contribution in [3.8, 4) is 22.3 Å². The third kappa shape index (κ3) is 6.87. The van der Waals surface area contributed by atoms with Gasteiger partial charge < -0.3 is 14.6 Å². The van der Waals surface area contributed by atoms with Gasteiger partial charge in [0.15, 0.2) is 0 Å². The molecule has 5 aromatic rings. The second-order valence-corrected chi connectivity index (χ2v) is 12.2. The lowest BCUT2D eigenvalue weighted by atomic mass is 9.97. The summed E-state index contributed by atoms with van der Waals surface area (Å²) in [7, 11) is 0. The highest BCUT2D eigenvalue weighted by molar-refractivity contribution is 6.10. The van der Waals surface area contributed by atoms with Gasteiger partial charge in [-0.15, -0.1) is 0 Å². The SMILES string of the molecule is CCCCc1cccc(-c2ccc3c(c2)c2cc(-c4cccc(CCCNC(=O)OC(C)(C)C)c4)ccc2n3CC)c1. The Morgan fingerprint density at radius 3 is 1.74 bits per heavy atom. The summed E-state index contributed by atoms with van der Waals surface area (Å²) in [6.07, 6.45) is 4.95. The zero-order valence-corrected chi connectivity index (χ0v) is 25.8. The van der Waals surface area contributed by atoms with Crippen LogP contribution in [-0.2, 0) is 24.1 Å². The number of hydrogen-bond donors (Lipinski definition) is 1. The number of nitrogens with zero attached hydrogens (tertiary/aromatic N) is 1. The second-order valence-electron chi connectivity index (χ2n) is 12.2. The van der Waals surface area contributed by atoms with Gasteiger partial charge in [0, 0.05) is 34.9 Å². The monoisotopic (exact) mass is 560 g/mol. The molecule has 0 aliphatic heterocycles. The average molecular weight is 561 g/mol. The van der Waals surface area contributed by atoms with E-state index in [1.165, 1.54) is 68.0 Å². The number of ether oxygens (including phenoxy) is 1. The number of unbranched alkanes of at least 4 members (excludes halogenated alkanes) is 1. The molecule has 4 aromatic carbocycles. The predicted octanol–water partition coefficient (Wildman–Crippen LogP) is 9.95. The molecule has 218 valence electrons. The summed E-state index contributed by atoms with van der Waals surface area (Å²) in [5.41, 5.74) is 9.73. The van der Waals surface area contributed by atoms with Crippen LogP contribution in [0.3, 0.4) is 0 Å². The summed E-state index contributed by atoms with van der Waals surface area (Å²) in [4.78, 5) is 12.0. The molecule has 0 spiro atoms. The van der Waals surface area contributed by atoms with Crippen molar-refractivity contribution >= 4 is 27.9 Å². The summed E-state index contributed by atoms with van der Waals surface area (Å²) in [6.45, 7) is 11.6. The van der Waals surface area contributed by atoms with Gasteiger partial charge in [-0.2, -0.15) is 0 Å². The van der Waals surface area contributed by atoms with Crippen molar-refractivity contribution in [2.75, 3.05) is 6.54 Å². The maximum Gasteiger partial charge on any atom is 0.407 e. The molecule has 1 amide bonds. The van der Waals surface area contributed by atoms with E-state index in [-0.39, 0.29) is 6.09 Å². The van der Waals surface area contributed by atoms with E-state index in [1.807, 2.05) is 20.8 Å². The molecule has 0 saturated carbocycles. The van der Waals surface area contributed by atoms with Gasteiger partial charge in [0.1, 0.15) is 5.60 Å². The number of alkyl carbamates (subject to hydrolysis) is 1. The van der Waals surface area contributed by atoms with Crippen LogP contribution in [0.5, 0.6) is 0 Å². The number of nitrogens with one attached hydrogen (secondary N) is 1. The molecule has 1 N–H and O–H groups in total. The van der Waals surface area contributed by atoms with Crippen LogP contribution in [-0.4, -0.2) is 22.8 Å². The van der Waals surface area contributed by atoms with Gasteiger partial charge in [-0.1, -0.05) is 74.0 Å². The van der Waals surface area contributed by atoms with Gasteiger partial charge in [0.25, 0.3) is 0 Å². The molecule has 1 aromatic heterocycles. The topological polar surface area (TPSA) is 43.3 Å². The first kappa shape index (κ1) is 29.4. The number of aryl methyl sites for hydroxylation is 3. The van der Waals surface area contributed by atoms with E-state index < -0.39 is 5.60 Å². The minimum absolute atomic E-state index is 0.358. The predicted molar refractivity (Wildman–Crippen MR) is 177 cm³/mol. The number of amides is 1. The smallest absolute Gasteiger partial charge is 0.407 e. The molecule has 0 fully saturated rings. The lowest BCUT2D eigenvalue weighted by molar-refractivity contribution is 0.0527. The van der Waals surface area contributed by atoms with Crippen molar-refractivity contribution in [3.05, 3.63) is 96.1 Å². The van der Waals surface area contributed by atoms with E-state index in [1.54, 1.807) is 0 Å². The van der Waals surface area contributed by atoms with Gasteiger partial charge in [0.05, 0.1) is 0 Å². The van der Waals surface area contributed by atoms with Gasteiger partial charge in [-0.05, 0) is 111 Å². The van der Waals surface area contributed by atoms with Crippen molar-refractivity contribution in [2.24, 2.45) is 0 Å². The molecule has 1 heterocycles. The van der Waals surface area contributed by atoms with Crippen LogP contribution in [0.2, 0.25) is 0 Å². The Labute approximate surface area is 250 Å². The summed E-state index contributed by atoms with van der Waals surface area (Å²) in [5.74, 6) is 0. The lowest BCUT2D eigenvalue weighted by Crippen LogP contribution is -2.33. The molecule has 0 unspecified atom stereocenters. The van der Waals surface area contributed by atoms with Crippen molar-refractivity contribution < 1.29 is 9.53 Å². The standard InChI is InChI=1S/C38H44N2O2/c1-6-8-12-27-13-9-16-29(23-27)31-18-20-35-33(25-31)34-26-32(19-21-36(34)40(35)7-2)30-17-10-14-28(24-30)15-11-22-39-37(41)42-38(3,4)5/h9-10,13-14,16-21,23-26H,6-8,11-12,15,22H2,1-5H3,(H,39,41). The van der Waals surface area contributed by atoms with Gasteiger partial charge in [-0.3, -0.25) is 0 Å². The van der Waals surface area contributed by atoms with Crippen LogP contribution >= 0.6 is 0 Å². The van der Waals surface area contributed by atoms with Crippen LogP contribution in [0.4, 0.5) is 4.79 Å². The highest BCUT2D eigenvalue weighted by atomic mass is 16.6. The van der Waals surface area contributed by atoms with Crippen LogP contribution < -0.4 is 5.32 Å². The van der Waals surface area contributed by atoms with Crippen LogP contribution in [0.25, 0.3) is 44.1 Å². The first-order valence-electron chi connectivity index (χ1n) is 15.5. The Morgan fingerprint density at radius 2 is 1.24 bits per heavy atom. The molecule has 42 heavy (non-hydrogen) atoms. The zero-order valence-electron chi connectivity index (χ0n) is 25.8. The van der Waals surface area contributed by atoms with Crippen LogP contribution in [0.15, 0.2) is 84.9 Å². The third-order valence-electron chi connectivity index (χ3n) is 7.83. The number of carbonyl (C=O) groups excluding carboxylic acids is 1. The molecule has 4 nitrogen and oxygen atoms in total. The fourth-order valence-electron chi connectivity index (χ4n) is 5.79. The number of fused-ring (bicyclic) bond motifs is 3. The summed E-state index contributed by atoms with van der Waals surface area (Å²) >= 11 is 0. The first-order chi connectivity index (χ1) is 20.3. The van der Waals surface area contributed by atoms with Crippen LogP contribution in [0.1, 0.15) is 65.0 Å². The zero-order chi connectivity index (χ0) is 29.7. The molecule has 0 aliphatic carbocycles. The van der Waals surface area contributed by atoms with E-state index in [2.05, 4.69) is 109 Å². The number of carbonyl (C=O) groups is 1. The Morgan fingerprint density at radius 1 is 0.714 bits per heavy atom. The van der Waals surface area contributed by atoms with Crippen molar-refractivity contribution in [1.82, 2.24) is 9.88 Å². The average Bonchev–Trinajstić information content (AvgIpc) is 3.30. The Kier molecular flexibility index (Phi) is 9.01. The highest BCUT2D eigenvalue weighted by Gasteiger charge is 2.16. The number of benzene rings is 4. The fourth-order valence-corrected chi connectivity index (χ4v) is 5.79. The Bertz CT molecular complexity index is 1690. The molecular weight excluding hydrogens is 516 g/mol. The summed E-state index contributed by atoms with van der Waals surface area (Å²) in [5, 5.41) is 5.46. The maximum absolute atomic E-state index is 12.0. The Balaban J connectivity index is 1.41. The van der Waals surface area contributed by atoms with Crippen LogP contribution in [0, 0.1) is 0 Å². The molecule has 0 bridgehead atoms. The van der Waals surface area contributed by atoms with Crippen molar-refractivity contribution in [1.29, 1.82) is 0 Å². The van der Waals surface area contributed by atoms with Gasteiger partial charge in [0.2, 0.25) is 0 Å². The molecule has 0 aliphatic rings. The van der Waals surface area contributed by atoms with E-state index in [0.29, 0.717) is 6.54 Å². The molecule has 0 radical (unpaired) electrons. The summed E-state index contributed by atoms with van der Waals surface area (Å²) in [6, 6.07) is 31.6.